The van der Waals surface area contributed by atoms with Gasteiger partial charge >= 0.3 is 6.09 Å². The van der Waals surface area contributed by atoms with Gasteiger partial charge in [-0.2, -0.15) is 0 Å². The van der Waals surface area contributed by atoms with Gasteiger partial charge in [0.15, 0.2) is 0 Å². The first-order chi connectivity index (χ1) is 23.5. The highest BCUT2D eigenvalue weighted by Gasteiger charge is 2.72. The van der Waals surface area contributed by atoms with Gasteiger partial charge in [-0.3, -0.25) is 4.79 Å². The van der Waals surface area contributed by atoms with Gasteiger partial charge in [0.05, 0.1) is 23.4 Å². The van der Waals surface area contributed by atoms with Crippen molar-refractivity contribution in [2.24, 2.45) is 45.3 Å². The number of unbranched alkanes of at least 4 members (excludes halogenated alkanes) is 4. The van der Waals surface area contributed by atoms with Crippen LogP contribution in [0.2, 0.25) is 0 Å². The molecule has 5 rings (SSSR count). The number of aliphatic hydroxyl groups excluding tert-OH is 1. The van der Waals surface area contributed by atoms with E-state index in [2.05, 4.69) is 52.2 Å². The molecule has 0 spiro atoms. The van der Waals surface area contributed by atoms with Crippen LogP contribution in [0.25, 0.3) is 0 Å². The van der Waals surface area contributed by atoms with E-state index < -0.39 is 11.2 Å². The maximum Gasteiger partial charge on any atom is 0.407 e. The molecule has 5 aliphatic rings. The first-order valence-corrected chi connectivity index (χ1v) is 20.8. The number of hydrogen-bond acceptors (Lipinski definition) is 6. The Labute approximate surface area is 310 Å². The Hall–Kier alpha value is -1.38. The molecule has 1 aliphatic heterocycles. The first-order valence-electron chi connectivity index (χ1n) is 20.8. The minimum atomic E-state index is -0.857. The number of carbonyl (C=O) groups excluding carboxylic acids is 2. The standard InChI is InChI=1S/C43H76N2O6/c1-37(2,3)51-36(48)44-26-16-14-12-13-15-17-34(47)45-32-20-22-40(8)30(38(32,4)5)19-24-41(9)31(40)27-29(46)35-28(18-23-42(35,41)10)43(11)25-21-33(50-43)39(6,7)49/h28-33,35,46,49H,12-27H2,1-11H3,(H,44,48)(H,45,47)/t28-,29+,30-,31+,32-,33-,35-,40-,41+,42+,43-/m0/s1. The van der Waals surface area contributed by atoms with E-state index in [0.717, 1.165) is 77.0 Å². The zero-order chi connectivity index (χ0) is 37.8. The van der Waals surface area contributed by atoms with Gasteiger partial charge in [0.25, 0.3) is 0 Å². The van der Waals surface area contributed by atoms with Gasteiger partial charge in [-0.05, 0) is 158 Å². The SMILES string of the molecule is CC(C)(C)OC(=O)NCCCCCCCC(=O)N[C@H]1CC[C@]2(C)[C@H]3C[C@@H](O)[C@@H]4[C@@H]([C@]5(C)CC[C@@H](C(C)(C)O)O5)CC[C@@]4(C)[C@]3(C)CC[C@H]2C1(C)C. The Morgan fingerprint density at radius 1 is 0.804 bits per heavy atom. The molecule has 4 N–H and O–H groups in total. The van der Waals surface area contributed by atoms with E-state index in [-0.39, 0.29) is 63.4 Å². The number of carbonyl (C=O) groups is 2. The maximum absolute atomic E-state index is 13.3. The van der Waals surface area contributed by atoms with Crippen molar-refractivity contribution < 1.29 is 29.3 Å². The quantitative estimate of drug-likeness (QED) is 0.159. The fourth-order valence-electron chi connectivity index (χ4n) is 13.1. The summed E-state index contributed by atoms with van der Waals surface area (Å²) in [4.78, 5) is 25.1. The number of fused-ring (bicyclic) bond motifs is 5. The Morgan fingerprint density at radius 2 is 1.45 bits per heavy atom. The number of rotatable bonds is 11. The zero-order valence-corrected chi connectivity index (χ0v) is 34.4. The number of alkyl carbamates (subject to hydrolysis) is 1. The van der Waals surface area contributed by atoms with Crippen LogP contribution in [-0.2, 0) is 14.3 Å². The molecule has 8 nitrogen and oxygen atoms in total. The number of nitrogens with one attached hydrogen (secondary N) is 2. The van der Waals surface area contributed by atoms with E-state index in [4.69, 9.17) is 9.47 Å². The Kier molecular flexibility index (Phi) is 11.5. The summed E-state index contributed by atoms with van der Waals surface area (Å²) in [7, 11) is 0. The predicted octanol–water partition coefficient (Wildman–Crippen LogP) is 8.70. The molecule has 0 bridgehead atoms. The first kappa shape index (κ1) is 40.8. The Bertz CT molecular complexity index is 1260. The van der Waals surface area contributed by atoms with Crippen LogP contribution in [0.1, 0.15) is 172 Å². The van der Waals surface area contributed by atoms with Crippen LogP contribution in [0.15, 0.2) is 0 Å². The molecule has 8 heteroatoms. The molecule has 5 fully saturated rings. The van der Waals surface area contributed by atoms with Crippen molar-refractivity contribution in [3.63, 3.8) is 0 Å². The third kappa shape index (κ3) is 7.77. The largest absolute Gasteiger partial charge is 0.444 e. The topological polar surface area (TPSA) is 117 Å². The van der Waals surface area contributed by atoms with Crippen LogP contribution in [-0.4, -0.2) is 63.8 Å². The molecule has 4 aliphatic carbocycles. The predicted molar refractivity (Wildman–Crippen MR) is 203 cm³/mol. The van der Waals surface area contributed by atoms with Gasteiger partial charge in [0, 0.05) is 19.0 Å². The highest BCUT2D eigenvalue weighted by Crippen LogP contribution is 2.76. The monoisotopic (exact) mass is 717 g/mol. The molecule has 51 heavy (non-hydrogen) atoms. The molecule has 1 saturated heterocycles. The molecule has 0 radical (unpaired) electrons. The van der Waals surface area contributed by atoms with Gasteiger partial charge in [0.1, 0.15) is 5.60 Å². The van der Waals surface area contributed by atoms with E-state index in [0.29, 0.717) is 30.7 Å². The van der Waals surface area contributed by atoms with Crippen LogP contribution >= 0.6 is 0 Å². The summed E-state index contributed by atoms with van der Waals surface area (Å²) in [5.41, 5.74) is -1.38. The minimum Gasteiger partial charge on any atom is -0.444 e. The lowest BCUT2D eigenvalue weighted by Gasteiger charge is -2.71. The van der Waals surface area contributed by atoms with E-state index in [1.54, 1.807) is 0 Å². The molecule has 0 aromatic carbocycles. The maximum atomic E-state index is 13.3. The average Bonchev–Trinajstić information content (AvgIpc) is 3.59. The lowest BCUT2D eigenvalue weighted by atomic mass is 9.35. The van der Waals surface area contributed by atoms with E-state index in [9.17, 15) is 19.8 Å². The number of ether oxygens (including phenoxy) is 2. The molecular weight excluding hydrogens is 640 g/mol. The van der Waals surface area contributed by atoms with Gasteiger partial charge in [-0.1, -0.05) is 53.9 Å². The summed E-state index contributed by atoms with van der Waals surface area (Å²) in [6.07, 6.45) is 13.9. The Morgan fingerprint density at radius 3 is 2.10 bits per heavy atom. The normalized spacial score (nSPS) is 42.0. The molecule has 2 amide bonds. The summed E-state index contributed by atoms with van der Waals surface area (Å²) in [5, 5.41) is 29.3. The van der Waals surface area contributed by atoms with Crippen molar-refractivity contribution in [1.82, 2.24) is 10.6 Å². The van der Waals surface area contributed by atoms with Gasteiger partial charge < -0.3 is 30.3 Å². The minimum absolute atomic E-state index is 0.0245. The van der Waals surface area contributed by atoms with Crippen LogP contribution in [0.4, 0.5) is 4.79 Å². The summed E-state index contributed by atoms with van der Waals surface area (Å²) in [6.45, 7) is 24.7. The molecule has 0 aromatic heterocycles. The van der Waals surface area contributed by atoms with Gasteiger partial charge in [-0.15, -0.1) is 0 Å². The van der Waals surface area contributed by atoms with Crippen molar-refractivity contribution in [2.45, 2.75) is 208 Å². The van der Waals surface area contributed by atoms with Crippen molar-refractivity contribution >= 4 is 12.0 Å². The molecule has 11 atom stereocenters. The lowest BCUT2D eigenvalue weighted by Crippen LogP contribution is -2.67. The fourth-order valence-corrected chi connectivity index (χ4v) is 13.1. The summed E-state index contributed by atoms with van der Waals surface area (Å²) < 4.78 is 12.0. The molecule has 294 valence electrons. The molecule has 0 aromatic rings. The lowest BCUT2D eigenvalue weighted by molar-refractivity contribution is -0.240. The highest BCUT2D eigenvalue weighted by molar-refractivity contribution is 5.76. The van der Waals surface area contributed by atoms with E-state index in [1.807, 2.05) is 34.6 Å². The van der Waals surface area contributed by atoms with Gasteiger partial charge in [-0.25, -0.2) is 4.79 Å². The van der Waals surface area contributed by atoms with Crippen molar-refractivity contribution in [1.29, 1.82) is 0 Å². The van der Waals surface area contributed by atoms with Crippen LogP contribution in [0, 0.1) is 45.3 Å². The Balaban J connectivity index is 1.15. The third-order valence-electron chi connectivity index (χ3n) is 15.9. The fraction of sp³-hybridized carbons (Fsp3) is 0.953. The molecule has 0 unspecified atom stereocenters. The number of hydrogen-bond donors (Lipinski definition) is 4. The summed E-state index contributed by atoms with van der Waals surface area (Å²) in [5.74, 6) is 1.62. The van der Waals surface area contributed by atoms with Gasteiger partial charge in [0.2, 0.25) is 5.91 Å². The molecule has 4 saturated carbocycles. The van der Waals surface area contributed by atoms with Crippen LogP contribution < -0.4 is 10.6 Å². The molecule has 1 heterocycles. The zero-order valence-electron chi connectivity index (χ0n) is 34.4. The average molecular weight is 717 g/mol. The summed E-state index contributed by atoms with van der Waals surface area (Å²) in [6, 6.07) is 0.169. The van der Waals surface area contributed by atoms with Crippen LogP contribution in [0.5, 0.6) is 0 Å². The van der Waals surface area contributed by atoms with Crippen molar-refractivity contribution in [3.8, 4) is 0 Å². The van der Waals surface area contributed by atoms with E-state index >= 15 is 0 Å². The number of amides is 2. The van der Waals surface area contributed by atoms with E-state index in [1.165, 1.54) is 12.8 Å². The second-order valence-corrected chi connectivity index (χ2v) is 21.0. The summed E-state index contributed by atoms with van der Waals surface area (Å²) >= 11 is 0. The second kappa shape index (κ2) is 14.4. The second-order valence-electron chi connectivity index (χ2n) is 21.0. The van der Waals surface area contributed by atoms with Crippen LogP contribution in [0.3, 0.4) is 0 Å². The highest BCUT2D eigenvalue weighted by atomic mass is 16.6. The third-order valence-corrected chi connectivity index (χ3v) is 15.9. The van der Waals surface area contributed by atoms with Crippen molar-refractivity contribution in [2.75, 3.05) is 6.54 Å². The molecular formula is C43H76N2O6. The van der Waals surface area contributed by atoms with Crippen molar-refractivity contribution in [3.05, 3.63) is 0 Å². The smallest absolute Gasteiger partial charge is 0.407 e. The number of aliphatic hydroxyl groups is 2.